The van der Waals surface area contributed by atoms with Crippen molar-refractivity contribution in [1.29, 1.82) is 0 Å². The van der Waals surface area contributed by atoms with Crippen LogP contribution in [0.15, 0.2) is 0 Å². The summed E-state index contributed by atoms with van der Waals surface area (Å²) in [6, 6.07) is 0.765. The summed E-state index contributed by atoms with van der Waals surface area (Å²) in [4.78, 5) is 17.4. The van der Waals surface area contributed by atoms with E-state index in [1.165, 1.54) is 17.9 Å². The van der Waals surface area contributed by atoms with E-state index in [1.54, 1.807) is 0 Å². The van der Waals surface area contributed by atoms with Gasteiger partial charge in [-0.3, -0.25) is 14.6 Å². The van der Waals surface area contributed by atoms with Crippen molar-refractivity contribution < 1.29 is 4.79 Å². The molecule has 3 heterocycles. The molecular formula is C14H25N3OS. The van der Waals surface area contributed by atoms with Gasteiger partial charge in [-0.05, 0) is 38.5 Å². The van der Waals surface area contributed by atoms with Gasteiger partial charge in [0, 0.05) is 38.0 Å². The molecule has 1 amide bonds. The molecule has 0 bridgehead atoms. The molecule has 1 spiro atoms. The Bertz CT molecular complexity index is 336. The molecule has 0 unspecified atom stereocenters. The summed E-state index contributed by atoms with van der Waals surface area (Å²) in [6.07, 6.45) is 4.40. The van der Waals surface area contributed by atoms with Crippen LogP contribution in [0.2, 0.25) is 0 Å². The minimum absolute atomic E-state index is 0.223. The molecule has 0 aliphatic carbocycles. The fourth-order valence-corrected chi connectivity index (χ4v) is 5.00. The summed E-state index contributed by atoms with van der Waals surface area (Å²) in [6.45, 7) is 4.05. The summed E-state index contributed by atoms with van der Waals surface area (Å²) in [5.41, 5.74) is -0.223. The SMILES string of the molecule is CN1CCCNC(=O)C12CCN([C@H]1CCSC1)CC2. The predicted molar refractivity (Wildman–Crippen MR) is 79.5 cm³/mol. The topological polar surface area (TPSA) is 35.6 Å². The molecule has 0 aromatic carbocycles. The molecular weight excluding hydrogens is 258 g/mol. The van der Waals surface area contributed by atoms with Crippen LogP contribution in [-0.4, -0.2) is 72.0 Å². The van der Waals surface area contributed by atoms with Crippen molar-refractivity contribution in [2.45, 2.75) is 37.3 Å². The molecule has 0 radical (unpaired) electrons. The number of nitrogens with zero attached hydrogens (tertiary/aromatic N) is 2. The number of amides is 1. The van der Waals surface area contributed by atoms with Crippen LogP contribution in [0.4, 0.5) is 0 Å². The molecule has 3 rings (SSSR count). The van der Waals surface area contributed by atoms with Crippen LogP contribution in [0.5, 0.6) is 0 Å². The van der Waals surface area contributed by atoms with Gasteiger partial charge >= 0.3 is 0 Å². The number of carbonyl (C=O) groups is 1. The predicted octanol–water partition coefficient (Wildman–Crippen LogP) is 0.778. The van der Waals surface area contributed by atoms with E-state index in [4.69, 9.17) is 0 Å². The van der Waals surface area contributed by atoms with Crippen LogP contribution in [0.25, 0.3) is 0 Å². The third-order valence-electron chi connectivity index (χ3n) is 5.16. The number of likely N-dealkylation sites (N-methyl/N-ethyl adjacent to an activating group) is 1. The first-order chi connectivity index (χ1) is 9.22. The minimum Gasteiger partial charge on any atom is -0.354 e. The summed E-state index contributed by atoms with van der Waals surface area (Å²) >= 11 is 2.08. The highest BCUT2D eigenvalue weighted by atomic mass is 32.2. The van der Waals surface area contributed by atoms with Gasteiger partial charge in [0.2, 0.25) is 5.91 Å². The first-order valence-corrected chi connectivity index (χ1v) is 8.69. The Kier molecular flexibility index (Phi) is 4.06. The second kappa shape index (κ2) is 5.62. The van der Waals surface area contributed by atoms with Gasteiger partial charge in [-0.2, -0.15) is 11.8 Å². The van der Waals surface area contributed by atoms with Crippen molar-refractivity contribution in [2.24, 2.45) is 0 Å². The zero-order valence-electron chi connectivity index (χ0n) is 11.9. The monoisotopic (exact) mass is 283 g/mol. The number of rotatable bonds is 1. The third kappa shape index (κ3) is 2.52. The maximum absolute atomic E-state index is 12.5. The molecule has 1 atom stereocenters. The lowest BCUT2D eigenvalue weighted by molar-refractivity contribution is -0.135. The Balaban J connectivity index is 1.67. The van der Waals surface area contributed by atoms with Crippen molar-refractivity contribution in [2.75, 3.05) is 44.7 Å². The molecule has 108 valence electrons. The van der Waals surface area contributed by atoms with Crippen LogP contribution in [0, 0.1) is 0 Å². The fraction of sp³-hybridized carbons (Fsp3) is 0.929. The first-order valence-electron chi connectivity index (χ1n) is 7.54. The van der Waals surface area contributed by atoms with Gasteiger partial charge in [0.1, 0.15) is 5.54 Å². The maximum atomic E-state index is 12.5. The van der Waals surface area contributed by atoms with Crippen molar-refractivity contribution >= 4 is 17.7 Å². The standard InChI is InChI=1S/C14H25N3OS/c1-16-7-2-6-15-13(18)14(16)4-8-17(9-5-14)12-3-10-19-11-12/h12H,2-11H2,1H3,(H,15,18)/t12-/m0/s1. The normalized spacial score (nSPS) is 33.3. The molecule has 0 aromatic rings. The van der Waals surface area contributed by atoms with Gasteiger partial charge in [0.15, 0.2) is 0 Å². The zero-order chi connectivity index (χ0) is 13.3. The van der Waals surface area contributed by atoms with E-state index in [2.05, 4.69) is 33.9 Å². The average molecular weight is 283 g/mol. The summed E-state index contributed by atoms with van der Waals surface area (Å²) in [5.74, 6) is 2.87. The fourth-order valence-electron chi connectivity index (χ4n) is 3.75. The first kappa shape index (κ1) is 13.7. The Morgan fingerprint density at radius 1 is 1.32 bits per heavy atom. The van der Waals surface area contributed by atoms with E-state index < -0.39 is 0 Å². The van der Waals surface area contributed by atoms with E-state index in [9.17, 15) is 4.79 Å². The Morgan fingerprint density at radius 3 is 2.79 bits per heavy atom. The molecule has 3 saturated heterocycles. The van der Waals surface area contributed by atoms with Crippen molar-refractivity contribution in [3.05, 3.63) is 0 Å². The number of piperidine rings is 1. The van der Waals surface area contributed by atoms with Crippen LogP contribution in [-0.2, 0) is 4.79 Å². The van der Waals surface area contributed by atoms with Gasteiger partial charge in [-0.1, -0.05) is 0 Å². The number of hydrogen-bond acceptors (Lipinski definition) is 4. The average Bonchev–Trinajstić information content (AvgIpc) is 2.93. The van der Waals surface area contributed by atoms with Gasteiger partial charge in [0.05, 0.1) is 0 Å². The van der Waals surface area contributed by atoms with E-state index in [1.807, 2.05) is 0 Å². The summed E-state index contributed by atoms with van der Waals surface area (Å²) in [5, 5.41) is 3.12. The van der Waals surface area contributed by atoms with E-state index >= 15 is 0 Å². The van der Waals surface area contributed by atoms with Crippen LogP contribution < -0.4 is 5.32 Å². The van der Waals surface area contributed by atoms with Crippen molar-refractivity contribution in [3.63, 3.8) is 0 Å². The van der Waals surface area contributed by atoms with Gasteiger partial charge < -0.3 is 5.32 Å². The van der Waals surface area contributed by atoms with E-state index in [-0.39, 0.29) is 11.4 Å². The lowest BCUT2D eigenvalue weighted by Gasteiger charge is -2.46. The van der Waals surface area contributed by atoms with Gasteiger partial charge in [0.25, 0.3) is 0 Å². The molecule has 3 fully saturated rings. The summed E-state index contributed by atoms with van der Waals surface area (Å²) in [7, 11) is 2.13. The number of hydrogen-bond donors (Lipinski definition) is 1. The molecule has 0 saturated carbocycles. The van der Waals surface area contributed by atoms with E-state index in [0.29, 0.717) is 0 Å². The largest absolute Gasteiger partial charge is 0.354 e. The van der Waals surface area contributed by atoms with Gasteiger partial charge in [-0.25, -0.2) is 0 Å². The van der Waals surface area contributed by atoms with E-state index in [0.717, 1.165) is 51.5 Å². The van der Waals surface area contributed by atoms with Crippen LogP contribution in [0.1, 0.15) is 25.7 Å². The molecule has 4 nitrogen and oxygen atoms in total. The molecule has 1 N–H and O–H groups in total. The zero-order valence-corrected chi connectivity index (χ0v) is 12.7. The third-order valence-corrected chi connectivity index (χ3v) is 6.30. The number of likely N-dealkylation sites (tertiary alicyclic amines) is 1. The highest BCUT2D eigenvalue weighted by molar-refractivity contribution is 7.99. The van der Waals surface area contributed by atoms with Crippen molar-refractivity contribution in [3.8, 4) is 0 Å². The Hall–Kier alpha value is -0.260. The highest BCUT2D eigenvalue weighted by Gasteiger charge is 2.46. The maximum Gasteiger partial charge on any atom is 0.240 e. The van der Waals surface area contributed by atoms with Gasteiger partial charge in [-0.15, -0.1) is 0 Å². The smallest absolute Gasteiger partial charge is 0.240 e. The van der Waals surface area contributed by atoms with Crippen LogP contribution in [0.3, 0.4) is 0 Å². The lowest BCUT2D eigenvalue weighted by Crippen LogP contribution is -2.61. The van der Waals surface area contributed by atoms with Crippen molar-refractivity contribution in [1.82, 2.24) is 15.1 Å². The minimum atomic E-state index is -0.223. The van der Waals surface area contributed by atoms with Crippen LogP contribution >= 0.6 is 11.8 Å². The summed E-state index contributed by atoms with van der Waals surface area (Å²) < 4.78 is 0. The number of carbonyl (C=O) groups excluding carboxylic acids is 1. The molecule has 19 heavy (non-hydrogen) atoms. The number of nitrogens with one attached hydrogen (secondary N) is 1. The molecule has 5 heteroatoms. The Labute approximate surface area is 120 Å². The lowest BCUT2D eigenvalue weighted by atomic mass is 9.84. The highest BCUT2D eigenvalue weighted by Crippen LogP contribution is 2.33. The second-order valence-electron chi connectivity index (χ2n) is 6.12. The Morgan fingerprint density at radius 2 is 2.11 bits per heavy atom. The number of thioether (sulfide) groups is 1. The molecule has 3 aliphatic heterocycles. The second-order valence-corrected chi connectivity index (χ2v) is 7.27. The molecule has 3 aliphatic rings. The quantitative estimate of drug-likeness (QED) is 0.771. The molecule has 0 aromatic heterocycles.